The Morgan fingerprint density at radius 1 is 1.14 bits per heavy atom. The molecule has 0 spiro atoms. The third kappa shape index (κ3) is 5.22. The summed E-state index contributed by atoms with van der Waals surface area (Å²) in [5.41, 5.74) is 2.64. The number of benzene rings is 2. The van der Waals surface area contributed by atoms with Crippen LogP contribution in [-0.4, -0.2) is 39.0 Å². The van der Waals surface area contributed by atoms with E-state index in [4.69, 9.17) is 4.74 Å². The fourth-order valence-electron chi connectivity index (χ4n) is 3.43. The van der Waals surface area contributed by atoms with Gasteiger partial charge in [-0.1, -0.05) is 49.4 Å². The molecule has 3 rings (SSSR count). The molecule has 0 saturated carbocycles. The highest BCUT2D eigenvalue weighted by molar-refractivity contribution is 5.65. The molecule has 1 heterocycles. The second kappa shape index (κ2) is 9.67. The lowest BCUT2D eigenvalue weighted by atomic mass is 10.1. The van der Waals surface area contributed by atoms with Gasteiger partial charge in [0.1, 0.15) is 5.69 Å². The molecule has 0 aliphatic heterocycles. The van der Waals surface area contributed by atoms with Crippen molar-refractivity contribution in [3.05, 3.63) is 66.0 Å². The number of aryl methyl sites for hydroxylation is 1. The lowest BCUT2D eigenvalue weighted by Gasteiger charge is -2.23. The highest BCUT2D eigenvalue weighted by Gasteiger charge is 2.23. The van der Waals surface area contributed by atoms with Crippen LogP contribution in [0.15, 0.2) is 54.6 Å². The first-order valence-corrected chi connectivity index (χ1v) is 9.93. The normalized spacial score (nSPS) is 12.3. The number of aromatic nitrogens is 2. The van der Waals surface area contributed by atoms with Gasteiger partial charge in [0, 0.05) is 25.7 Å². The Kier molecular flexibility index (Phi) is 7.01. The molecule has 29 heavy (non-hydrogen) atoms. The van der Waals surface area contributed by atoms with Crippen molar-refractivity contribution in [3.8, 4) is 22.9 Å². The highest BCUT2D eigenvalue weighted by atomic mass is 19.1. The number of halogens is 1. The molecule has 3 aromatic rings. The molecule has 0 fully saturated rings. The molecule has 1 atom stereocenters. The van der Waals surface area contributed by atoms with Crippen LogP contribution in [0, 0.1) is 5.82 Å². The SMILES string of the molecule is CCCN(Cc1c(-c2ccccc2)nn(C)c1Oc1ccccc1F)C[C@@H](C)O. The van der Waals surface area contributed by atoms with Crippen LogP contribution < -0.4 is 4.74 Å². The second-order valence-electron chi connectivity index (χ2n) is 7.24. The van der Waals surface area contributed by atoms with Crippen LogP contribution >= 0.6 is 0 Å². The van der Waals surface area contributed by atoms with E-state index >= 15 is 0 Å². The zero-order valence-electron chi connectivity index (χ0n) is 17.2. The number of hydrogen-bond acceptors (Lipinski definition) is 4. The predicted molar refractivity (Wildman–Crippen MR) is 112 cm³/mol. The van der Waals surface area contributed by atoms with Crippen molar-refractivity contribution in [2.75, 3.05) is 13.1 Å². The molecule has 1 aromatic heterocycles. The fraction of sp³-hybridized carbons (Fsp3) is 0.348. The molecule has 6 heteroatoms. The lowest BCUT2D eigenvalue weighted by Crippen LogP contribution is -2.31. The summed E-state index contributed by atoms with van der Waals surface area (Å²) < 4.78 is 21.9. The van der Waals surface area contributed by atoms with Gasteiger partial charge in [-0.2, -0.15) is 5.10 Å². The quantitative estimate of drug-likeness (QED) is 0.573. The number of nitrogens with zero attached hydrogens (tertiary/aromatic N) is 3. The smallest absolute Gasteiger partial charge is 0.222 e. The van der Waals surface area contributed by atoms with Crippen LogP contribution in [0.5, 0.6) is 11.6 Å². The molecule has 2 aromatic carbocycles. The van der Waals surface area contributed by atoms with Gasteiger partial charge < -0.3 is 9.84 Å². The van der Waals surface area contributed by atoms with Crippen LogP contribution in [0.3, 0.4) is 0 Å². The van der Waals surface area contributed by atoms with Gasteiger partial charge in [0.25, 0.3) is 0 Å². The minimum Gasteiger partial charge on any atom is -0.436 e. The summed E-state index contributed by atoms with van der Waals surface area (Å²) >= 11 is 0. The number of hydrogen-bond donors (Lipinski definition) is 1. The Morgan fingerprint density at radius 3 is 2.48 bits per heavy atom. The fourth-order valence-corrected chi connectivity index (χ4v) is 3.43. The number of ether oxygens (including phenoxy) is 1. The molecule has 0 saturated heterocycles. The molecule has 1 N–H and O–H groups in total. The van der Waals surface area contributed by atoms with Crippen molar-refractivity contribution in [2.45, 2.75) is 32.9 Å². The Morgan fingerprint density at radius 2 is 1.83 bits per heavy atom. The summed E-state index contributed by atoms with van der Waals surface area (Å²) in [6.07, 6.45) is 0.506. The summed E-state index contributed by atoms with van der Waals surface area (Å²) in [5, 5.41) is 14.6. The van der Waals surface area contributed by atoms with Crippen molar-refractivity contribution >= 4 is 0 Å². The molecule has 0 aliphatic carbocycles. The summed E-state index contributed by atoms with van der Waals surface area (Å²) in [4.78, 5) is 2.17. The molecule has 0 aliphatic rings. The number of rotatable bonds is 9. The van der Waals surface area contributed by atoms with E-state index in [2.05, 4.69) is 16.9 Å². The Bertz CT molecular complexity index is 925. The molecular formula is C23H28FN3O2. The molecular weight excluding hydrogens is 369 g/mol. The van der Waals surface area contributed by atoms with Gasteiger partial charge in [0.05, 0.1) is 11.7 Å². The summed E-state index contributed by atoms with van der Waals surface area (Å²) in [5.74, 6) is 0.241. The van der Waals surface area contributed by atoms with Gasteiger partial charge in [0.15, 0.2) is 11.6 Å². The number of aliphatic hydroxyl groups excluding tert-OH is 1. The Balaban J connectivity index is 2.05. The van der Waals surface area contributed by atoms with Gasteiger partial charge in [-0.25, -0.2) is 9.07 Å². The third-order valence-electron chi connectivity index (χ3n) is 4.62. The van der Waals surface area contributed by atoms with E-state index in [1.807, 2.05) is 30.3 Å². The standard InChI is InChI=1S/C23H28FN3O2/c1-4-14-27(15-17(2)28)16-19-22(18-10-6-5-7-11-18)25-26(3)23(19)29-21-13-9-8-12-20(21)24/h5-13,17,28H,4,14-16H2,1-3H3/t17-/m1/s1. The molecule has 0 amide bonds. The van der Waals surface area contributed by atoms with Crippen molar-refractivity contribution in [1.82, 2.24) is 14.7 Å². The predicted octanol–water partition coefficient (Wildman–Crippen LogP) is 4.61. The average Bonchev–Trinajstić information content (AvgIpc) is 2.99. The van der Waals surface area contributed by atoms with Crippen molar-refractivity contribution in [3.63, 3.8) is 0 Å². The monoisotopic (exact) mass is 397 g/mol. The zero-order chi connectivity index (χ0) is 20.8. The van der Waals surface area contributed by atoms with Gasteiger partial charge in [0.2, 0.25) is 5.88 Å². The van der Waals surface area contributed by atoms with E-state index in [1.165, 1.54) is 6.07 Å². The van der Waals surface area contributed by atoms with Gasteiger partial charge in [-0.3, -0.25) is 4.90 Å². The Hall–Kier alpha value is -2.70. The van der Waals surface area contributed by atoms with Crippen LogP contribution in [-0.2, 0) is 13.6 Å². The minimum atomic E-state index is -0.450. The zero-order valence-corrected chi connectivity index (χ0v) is 17.2. The van der Waals surface area contributed by atoms with Crippen molar-refractivity contribution < 1.29 is 14.2 Å². The van der Waals surface area contributed by atoms with Crippen molar-refractivity contribution in [1.29, 1.82) is 0 Å². The first-order valence-electron chi connectivity index (χ1n) is 9.93. The maximum Gasteiger partial charge on any atom is 0.222 e. The van der Waals surface area contributed by atoms with Gasteiger partial charge in [-0.05, 0) is 32.0 Å². The van der Waals surface area contributed by atoms with E-state index in [1.54, 1.807) is 36.9 Å². The molecule has 0 bridgehead atoms. The first kappa shape index (κ1) is 21.0. The lowest BCUT2D eigenvalue weighted by molar-refractivity contribution is 0.122. The van der Waals surface area contributed by atoms with Gasteiger partial charge >= 0.3 is 0 Å². The minimum absolute atomic E-state index is 0.161. The van der Waals surface area contributed by atoms with E-state index < -0.39 is 11.9 Å². The summed E-state index contributed by atoms with van der Waals surface area (Å²) in [6.45, 7) is 5.79. The van der Waals surface area contributed by atoms with E-state index in [0.717, 1.165) is 29.8 Å². The topological polar surface area (TPSA) is 50.5 Å². The molecule has 0 radical (unpaired) electrons. The second-order valence-corrected chi connectivity index (χ2v) is 7.24. The summed E-state index contributed by atoms with van der Waals surface area (Å²) in [6, 6.07) is 16.2. The van der Waals surface area contributed by atoms with Crippen LogP contribution in [0.2, 0.25) is 0 Å². The van der Waals surface area contributed by atoms with E-state index in [0.29, 0.717) is 19.0 Å². The molecule has 154 valence electrons. The first-order chi connectivity index (χ1) is 14.0. The van der Waals surface area contributed by atoms with Gasteiger partial charge in [-0.15, -0.1) is 0 Å². The maximum atomic E-state index is 14.2. The molecule has 0 unspecified atom stereocenters. The highest BCUT2D eigenvalue weighted by Crippen LogP contribution is 2.34. The largest absolute Gasteiger partial charge is 0.436 e. The van der Waals surface area contributed by atoms with E-state index in [-0.39, 0.29) is 5.75 Å². The maximum absolute atomic E-state index is 14.2. The van der Waals surface area contributed by atoms with Crippen molar-refractivity contribution in [2.24, 2.45) is 7.05 Å². The van der Waals surface area contributed by atoms with E-state index in [9.17, 15) is 9.50 Å². The number of aliphatic hydroxyl groups is 1. The Labute approximate surface area is 171 Å². The molecule has 5 nitrogen and oxygen atoms in total. The number of para-hydroxylation sites is 1. The average molecular weight is 397 g/mol. The third-order valence-corrected chi connectivity index (χ3v) is 4.62. The van der Waals surface area contributed by atoms with Crippen LogP contribution in [0.1, 0.15) is 25.8 Å². The summed E-state index contributed by atoms with van der Waals surface area (Å²) in [7, 11) is 1.80. The van der Waals surface area contributed by atoms with Crippen LogP contribution in [0.25, 0.3) is 11.3 Å². The van der Waals surface area contributed by atoms with Crippen LogP contribution in [0.4, 0.5) is 4.39 Å².